The quantitative estimate of drug-likeness (QED) is 0.440. The third kappa shape index (κ3) is 4.33. The number of rotatable bonds is 7. The van der Waals surface area contributed by atoms with Crippen molar-refractivity contribution in [1.29, 1.82) is 0 Å². The molecule has 1 aromatic rings. The van der Waals surface area contributed by atoms with Crippen molar-refractivity contribution in [2.45, 2.75) is 32.2 Å². The van der Waals surface area contributed by atoms with Crippen LogP contribution in [0.5, 0.6) is 0 Å². The van der Waals surface area contributed by atoms with Gasteiger partial charge in [0.2, 0.25) is 0 Å². The number of nitrogens with zero attached hydrogens (tertiary/aromatic N) is 2. The highest BCUT2D eigenvalue weighted by atomic mass is 35.5. The minimum absolute atomic E-state index is 0.000483. The fraction of sp³-hybridized carbons (Fsp3) is 0.524. The summed E-state index contributed by atoms with van der Waals surface area (Å²) in [6.45, 7) is 3.77. The smallest absolute Gasteiger partial charge is 0.434 e. The lowest BCUT2D eigenvalue weighted by atomic mass is 9.85. The monoisotopic (exact) mass is 472 g/mol. The number of halogens is 2. The average molecular weight is 473 g/mol. The molecule has 2 aliphatic heterocycles. The summed E-state index contributed by atoms with van der Waals surface area (Å²) in [5.41, 5.74) is -1.29. The van der Waals surface area contributed by atoms with Crippen molar-refractivity contribution in [2.24, 2.45) is 0 Å². The van der Waals surface area contributed by atoms with Crippen molar-refractivity contribution >= 4 is 29.2 Å². The molecular weight excluding hydrogens is 447 g/mol. The Kier molecular flexibility index (Phi) is 7.73. The van der Waals surface area contributed by atoms with Gasteiger partial charge in [-0.25, -0.2) is 19.1 Å². The first-order valence-corrected chi connectivity index (χ1v) is 10.5. The predicted octanol–water partition coefficient (Wildman–Crippen LogP) is 3.45. The Morgan fingerprint density at radius 3 is 2.53 bits per heavy atom. The second kappa shape index (κ2) is 10.1. The number of piperidine rings is 1. The van der Waals surface area contributed by atoms with E-state index < -0.39 is 23.4 Å². The zero-order valence-corrected chi connectivity index (χ0v) is 19.2. The number of hydrogen-bond donors (Lipinski definition) is 0. The SMILES string of the molecule is CCOC(=O)OC1=C(c2c(Cl)ccc(C)c2F)C(=O)N(OCOC)C12CCN(OC)CC2. The van der Waals surface area contributed by atoms with Gasteiger partial charge in [-0.1, -0.05) is 17.7 Å². The summed E-state index contributed by atoms with van der Waals surface area (Å²) >= 11 is 6.32. The minimum Gasteiger partial charge on any atom is -0.434 e. The van der Waals surface area contributed by atoms with Gasteiger partial charge in [0.25, 0.3) is 5.91 Å². The second-order valence-electron chi connectivity index (χ2n) is 7.32. The van der Waals surface area contributed by atoms with E-state index in [0.717, 1.165) is 5.06 Å². The van der Waals surface area contributed by atoms with Crippen molar-refractivity contribution in [2.75, 3.05) is 40.7 Å². The highest BCUT2D eigenvalue weighted by Crippen LogP contribution is 2.49. The maximum Gasteiger partial charge on any atom is 0.513 e. The van der Waals surface area contributed by atoms with Gasteiger partial charge in [0.05, 0.1) is 24.3 Å². The molecule has 11 heteroatoms. The second-order valence-corrected chi connectivity index (χ2v) is 7.73. The van der Waals surface area contributed by atoms with E-state index in [0.29, 0.717) is 13.1 Å². The Morgan fingerprint density at radius 2 is 1.94 bits per heavy atom. The van der Waals surface area contributed by atoms with Crippen LogP contribution in [-0.2, 0) is 28.7 Å². The van der Waals surface area contributed by atoms with Gasteiger partial charge in [0, 0.05) is 25.8 Å². The Morgan fingerprint density at radius 1 is 1.25 bits per heavy atom. The summed E-state index contributed by atoms with van der Waals surface area (Å²) in [6, 6.07) is 2.98. The third-order valence-corrected chi connectivity index (χ3v) is 5.84. The van der Waals surface area contributed by atoms with Crippen molar-refractivity contribution in [3.8, 4) is 0 Å². The van der Waals surface area contributed by atoms with Crippen molar-refractivity contribution < 1.29 is 37.9 Å². The number of carbonyl (C=O) groups excluding carboxylic acids is 2. The summed E-state index contributed by atoms with van der Waals surface area (Å²) in [7, 11) is 2.94. The van der Waals surface area contributed by atoms with Gasteiger partial charge >= 0.3 is 6.16 Å². The molecule has 0 bridgehead atoms. The molecule has 176 valence electrons. The first-order valence-electron chi connectivity index (χ1n) is 10.1. The molecule has 3 rings (SSSR count). The molecule has 0 N–H and O–H groups in total. The number of hydrogen-bond acceptors (Lipinski definition) is 8. The zero-order chi connectivity index (χ0) is 23.5. The van der Waals surface area contributed by atoms with Crippen LogP contribution < -0.4 is 0 Å². The van der Waals surface area contributed by atoms with E-state index >= 15 is 4.39 Å². The van der Waals surface area contributed by atoms with E-state index in [-0.39, 0.29) is 53.7 Å². The molecule has 2 heterocycles. The molecule has 1 aromatic carbocycles. The van der Waals surface area contributed by atoms with Crippen LogP contribution in [0.3, 0.4) is 0 Å². The van der Waals surface area contributed by atoms with Gasteiger partial charge in [-0.15, -0.1) is 0 Å². The lowest BCUT2D eigenvalue weighted by molar-refractivity contribution is -0.260. The summed E-state index contributed by atoms with van der Waals surface area (Å²) in [4.78, 5) is 36.9. The standard InChI is InChI=1S/C21H26ClFN2O7/c1-5-30-20(27)32-18-16(15-14(22)7-6-13(2)17(15)23)19(26)25(31-12-28-3)21(18)8-10-24(29-4)11-9-21/h6-7H,5,8-12H2,1-4H3. The number of hydroxylamine groups is 4. The van der Waals surface area contributed by atoms with E-state index in [9.17, 15) is 9.59 Å². The normalized spacial score (nSPS) is 18.6. The van der Waals surface area contributed by atoms with Crippen molar-refractivity contribution in [1.82, 2.24) is 10.1 Å². The largest absolute Gasteiger partial charge is 0.513 e. The summed E-state index contributed by atoms with van der Waals surface area (Å²) < 4.78 is 30.7. The van der Waals surface area contributed by atoms with Crippen LogP contribution in [0.25, 0.3) is 5.57 Å². The fourth-order valence-corrected chi connectivity index (χ4v) is 4.20. The predicted molar refractivity (Wildman–Crippen MR) is 112 cm³/mol. The molecule has 1 spiro atoms. The van der Waals surface area contributed by atoms with Crippen molar-refractivity contribution in [3.63, 3.8) is 0 Å². The van der Waals surface area contributed by atoms with Gasteiger partial charge in [-0.3, -0.25) is 4.79 Å². The summed E-state index contributed by atoms with van der Waals surface area (Å²) in [5, 5.41) is 2.79. The first-order chi connectivity index (χ1) is 15.3. The number of methoxy groups -OCH3 is 1. The Labute approximate surface area is 190 Å². The topological polar surface area (TPSA) is 86.8 Å². The molecule has 0 saturated carbocycles. The highest BCUT2D eigenvalue weighted by molar-refractivity contribution is 6.35. The number of ether oxygens (including phenoxy) is 3. The fourth-order valence-electron chi connectivity index (χ4n) is 3.96. The van der Waals surface area contributed by atoms with E-state index in [4.69, 9.17) is 35.5 Å². The average Bonchev–Trinajstić information content (AvgIpc) is 2.98. The van der Waals surface area contributed by atoms with E-state index in [1.165, 1.54) is 26.4 Å². The molecular formula is C21H26ClFN2O7. The van der Waals surface area contributed by atoms with Crippen LogP contribution in [0.1, 0.15) is 30.9 Å². The minimum atomic E-state index is -1.22. The zero-order valence-electron chi connectivity index (χ0n) is 18.4. The van der Waals surface area contributed by atoms with Gasteiger partial charge in [-0.2, -0.15) is 5.06 Å². The Balaban J connectivity index is 2.22. The summed E-state index contributed by atoms with van der Waals surface area (Å²) in [5.74, 6) is -1.46. The van der Waals surface area contributed by atoms with Crippen molar-refractivity contribution in [3.05, 3.63) is 39.9 Å². The van der Waals surface area contributed by atoms with Gasteiger partial charge < -0.3 is 19.0 Å². The number of benzene rings is 1. The molecule has 0 aromatic heterocycles. The van der Waals surface area contributed by atoms with Crippen LogP contribution in [0, 0.1) is 12.7 Å². The number of aryl methyl sites for hydroxylation is 1. The maximum absolute atomic E-state index is 15.2. The molecule has 2 aliphatic rings. The molecule has 9 nitrogen and oxygen atoms in total. The van der Waals surface area contributed by atoms with Crippen LogP contribution in [-0.4, -0.2) is 68.4 Å². The Bertz CT molecular complexity index is 916. The molecule has 0 unspecified atom stereocenters. The molecule has 0 radical (unpaired) electrons. The van der Waals surface area contributed by atoms with Gasteiger partial charge in [0.15, 0.2) is 12.6 Å². The number of carbonyl (C=O) groups is 2. The Hall–Kier alpha value is -2.24. The molecule has 1 fully saturated rings. The lowest BCUT2D eigenvalue weighted by Crippen LogP contribution is -2.55. The van der Waals surface area contributed by atoms with E-state index in [1.54, 1.807) is 18.9 Å². The maximum atomic E-state index is 15.2. The third-order valence-electron chi connectivity index (χ3n) is 5.53. The van der Waals surface area contributed by atoms with Crippen LogP contribution >= 0.6 is 11.6 Å². The van der Waals surface area contributed by atoms with Gasteiger partial charge in [0.1, 0.15) is 11.4 Å². The highest BCUT2D eigenvalue weighted by Gasteiger charge is 2.57. The summed E-state index contributed by atoms with van der Waals surface area (Å²) in [6.07, 6.45) is -0.460. The lowest BCUT2D eigenvalue weighted by Gasteiger charge is -2.43. The molecule has 1 amide bonds. The van der Waals surface area contributed by atoms with Crippen LogP contribution in [0.4, 0.5) is 9.18 Å². The molecule has 32 heavy (non-hydrogen) atoms. The molecule has 0 aliphatic carbocycles. The first kappa shape index (κ1) is 24.4. The van der Waals surface area contributed by atoms with E-state index in [2.05, 4.69) is 0 Å². The van der Waals surface area contributed by atoms with Gasteiger partial charge in [-0.05, 0) is 38.3 Å². The molecule has 1 saturated heterocycles. The van der Waals surface area contributed by atoms with Crippen LogP contribution in [0.15, 0.2) is 17.9 Å². The number of amides is 1. The van der Waals surface area contributed by atoms with Crippen LogP contribution in [0.2, 0.25) is 5.02 Å². The molecule has 0 atom stereocenters. The van der Waals surface area contributed by atoms with E-state index in [1.807, 2.05) is 0 Å².